The summed E-state index contributed by atoms with van der Waals surface area (Å²) in [5.74, 6) is 4.29. The SMILES string of the molecule is CC(CCc1cccc(F)c1)C1CCC2C3CC=C4CCCCC4(C)C3CCC12C. The van der Waals surface area contributed by atoms with Crippen LogP contribution in [0.2, 0.25) is 0 Å². The molecule has 0 heterocycles. The van der Waals surface area contributed by atoms with Gasteiger partial charge in [0.25, 0.3) is 0 Å². The maximum absolute atomic E-state index is 13.6. The van der Waals surface area contributed by atoms with Gasteiger partial charge in [0, 0.05) is 0 Å². The molecule has 0 N–H and O–H groups in total. The summed E-state index contributed by atoms with van der Waals surface area (Å²) in [5, 5.41) is 0. The van der Waals surface area contributed by atoms with Gasteiger partial charge in [0.15, 0.2) is 0 Å². The van der Waals surface area contributed by atoms with Crippen molar-refractivity contribution < 1.29 is 4.39 Å². The van der Waals surface area contributed by atoms with E-state index in [1.54, 1.807) is 12.1 Å². The van der Waals surface area contributed by atoms with Crippen molar-refractivity contribution in [2.45, 2.75) is 91.4 Å². The summed E-state index contributed by atoms with van der Waals surface area (Å²) in [4.78, 5) is 0. The number of hydrogen-bond acceptors (Lipinski definition) is 0. The fourth-order valence-corrected chi connectivity index (χ4v) is 8.96. The molecule has 0 radical (unpaired) electrons. The molecular weight excluding hydrogens is 367 g/mol. The zero-order chi connectivity index (χ0) is 20.9. The minimum atomic E-state index is -0.0905. The van der Waals surface area contributed by atoms with Crippen molar-refractivity contribution in [3.8, 4) is 0 Å². The lowest BCUT2D eigenvalue weighted by Gasteiger charge is -2.58. The van der Waals surface area contributed by atoms with Crippen LogP contribution < -0.4 is 0 Å². The third-order valence-corrected chi connectivity index (χ3v) is 10.6. The first-order chi connectivity index (χ1) is 14.4. The van der Waals surface area contributed by atoms with Crippen molar-refractivity contribution in [2.75, 3.05) is 0 Å². The monoisotopic (exact) mass is 408 g/mol. The number of halogens is 1. The molecule has 7 atom stereocenters. The Morgan fingerprint density at radius 2 is 1.93 bits per heavy atom. The lowest BCUT2D eigenvalue weighted by molar-refractivity contribution is -0.0498. The van der Waals surface area contributed by atoms with Gasteiger partial charge in [0.2, 0.25) is 0 Å². The van der Waals surface area contributed by atoms with Crippen molar-refractivity contribution in [3.05, 3.63) is 47.3 Å². The third-order valence-electron chi connectivity index (χ3n) is 10.6. The Kier molecular flexibility index (Phi) is 5.39. The van der Waals surface area contributed by atoms with Crippen molar-refractivity contribution in [3.63, 3.8) is 0 Å². The molecule has 3 saturated carbocycles. The highest BCUT2D eigenvalue weighted by Crippen LogP contribution is 2.67. The normalized spacial score (nSPS) is 41.4. The second kappa shape index (κ2) is 7.79. The van der Waals surface area contributed by atoms with Crippen LogP contribution in [0.5, 0.6) is 0 Å². The number of hydrogen-bond donors (Lipinski definition) is 0. The van der Waals surface area contributed by atoms with Gasteiger partial charge in [-0.05, 0) is 122 Å². The Labute approximate surface area is 183 Å². The van der Waals surface area contributed by atoms with Crippen molar-refractivity contribution in [2.24, 2.45) is 40.4 Å². The van der Waals surface area contributed by atoms with E-state index in [9.17, 15) is 4.39 Å². The van der Waals surface area contributed by atoms with Crippen LogP contribution in [0.1, 0.15) is 90.5 Å². The first-order valence-electron chi connectivity index (χ1n) is 12.9. The predicted octanol–water partition coefficient (Wildman–Crippen LogP) is 8.36. The minimum absolute atomic E-state index is 0.0905. The Morgan fingerprint density at radius 3 is 2.77 bits per heavy atom. The second-order valence-electron chi connectivity index (χ2n) is 11.8. The summed E-state index contributed by atoms with van der Waals surface area (Å²) < 4.78 is 13.6. The van der Waals surface area contributed by atoms with Gasteiger partial charge in [0.1, 0.15) is 5.82 Å². The molecule has 30 heavy (non-hydrogen) atoms. The molecular formula is C29H41F. The summed E-state index contributed by atoms with van der Waals surface area (Å²) in [7, 11) is 0. The molecule has 1 heteroatoms. The molecule has 0 bridgehead atoms. The number of benzene rings is 1. The van der Waals surface area contributed by atoms with Crippen LogP contribution in [0.3, 0.4) is 0 Å². The zero-order valence-electron chi connectivity index (χ0n) is 19.4. The summed E-state index contributed by atoms with van der Waals surface area (Å²) in [5.41, 5.74) is 4.04. The van der Waals surface area contributed by atoms with Gasteiger partial charge >= 0.3 is 0 Å². The van der Waals surface area contributed by atoms with Crippen LogP contribution in [0.15, 0.2) is 35.9 Å². The highest BCUT2D eigenvalue weighted by Gasteiger charge is 2.58. The van der Waals surface area contributed by atoms with Gasteiger partial charge in [-0.1, -0.05) is 51.0 Å². The second-order valence-corrected chi connectivity index (χ2v) is 11.8. The molecule has 4 aliphatic rings. The van der Waals surface area contributed by atoms with Crippen LogP contribution >= 0.6 is 0 Å². The van der Waals surface area contributed by atoms with Gasteiger partial charge in [-0.15, -0.1) is 0 Å². The molecule has 0 amide bonds. The molecule has 7 unspecified atom stereocenters. The van der Waals surface area contributed by atoms with Gasteiger partial charge < -0.3 is 0 Å². The highest BCUT2D eigenvalue weighted by atomic mass is 19.1. The Morgan fingerprint density at radius 1 is 1.07 bits per heavy atom. The maximum Gasteiger partial charge on any atom is 0.123 e. The molecule has 1 aromatic carbocycles. The Hall–Kier alpha value is -1.11. The van der Waals surface area contributed by atoms with Gasteiger partial charge in [-0.25, -0.2) is 4.39 Å². The van der Waals surface area contributed by atoms with E-state index in [0.717, 1.165) is 36.0 Å². The topological polar surface area (TPSA) is 0 Å². The average Bonchev–Trinajstić information content (AvgIpc) is 3.09. The van der Waals surface area contributed by atoms with Crippen LogP contribution in [0, 0.1) is 46.2 Å². The van der Waals surface area contributed by atoms with Crippen LogP contribution in [0.25, 0.3) is 0 Å². The summed E-state index contributed by atoms with van der Waals surface area (Å²) in [6, 6.07) is 7.25. The van der Waals surface area contributed by atoms with E-state index < -0.39 is 0 Å². The Bertz CT molecular complexity index is 808. The number of allylic oxidation sites excluding steroid dienone is 2. The summed E-state index contributed by atoms with van der Waals surface area (Å²) in [6.45, 7) is 7.78. The van der Waals surface area contributed by atoms with Crippen LogP contribution in [0.4, 0.5) is 4.39 Å². The van der Waals surface area contributed by atoms with Crippen molar-refractivity contribution in [1.82, 2.24) is 0 Å². The molecule has 0 spiro atoms. The maximum atomic E-state index is 13.6. The quantitative estimate of drug-likeness (QED) is 0.439. The molecule has 0 saturated heterocycles. The van der Waals surface area contributed by atoms with Crippen molar-refractivity contribution >= 4 is 0 Å². The Balaban J connectivity index is 1.31. The summed E-state index contributed by atoms with van der Waals surface area (Å²) in [6.07, 6.45) is 17.7. The van der Waals surface area contributed by atoms with E-state index in [1.165, 1.54) is 69.8 Å². The average molecular weight is 409 g/mol. The van der Waals surface area contributed by atoms with E-state index >= 15 is 0 Å². The molecule has 1 aromatic rings. The lowest BCUT2D eigenvalue weighted by atomic mass is 9.47. The van der Waals surface area contributed by atoms with E-state index in [1.807, 2.05) is 11.6 Å². The number of aryl methyl sites for hydroxylation is 1. The molecule has 3 fully saturated rings. The largest absolute Gasteiger partial charge is 0.207 e. The van der Waals surface area contributed by atoms with Gasteiger partial charge in [-0.3, -0.25) is 0 Å². The highest BCUT2D eigenvalue weighted by molar-refractivity contribution is 5.24. The van der Waals surface area contributed by atoms with E-state index in [2.05, 4.69) is 32.9 Å². The minimum Gasteiger partial charge on any atom is -0.207 e. The van der Waals surface area contributed by atoms with Gasteiger partial charge in [0.05, 0.1) is 0 Å². The number of rotatable bonds is 4. The van der Waals surface area contributed by atoms with E-state index in [-0.39, 0.29) is 5.82 Å². The zero-order valence-corrected chi connectivity index (χ0v) is 19.4. The van der Waals surface area contributed by atoms with Crippen LogP contribution in [-0.4, -0.2) is 0 Å². The lowest BCUT2D eigenvalue weighted by Crippen LogP contribution is -2.50. The molecule has 4 aliphatic carbocycles. The summed E-state index contributed by atoms with van der Waals surface area (Å²) >= 11 is 0. The van der Waals surface area contributed by atoms with Gasteiger partial charge in [-0.2, -0.15) is 0 Å². The molecule has 0 nitrogen and oxygen atoms in total. The molecule has 164 valence electrons. The molecule has 5 rings (SSSR count). The smallest absolute Gasteiger partial charge is 0.123 e. The van der Waals surface area contributed by atoms with Crippen LogP contribution in [-0.2, 0) is 6.42 Å². The fourth-order valence-electron chi connectivity index (χ4n) is 8.96. The van der Waals surface area contributed by atoms with E-state index in [4.69, 9.17) is 0 Å². The third kappa shape index (κ3) is 3.30. The number of fused-ring (bicyclic) bond motifs is 5. The first kappa shape index (κ1) is 20.8. The fraction of sp³-hybridized carbons (Fsp3) is 0.724. The van der Waals surface area contributed by atoms with Crippen molar-refractivity contribution in [1.29, 1.82) is 0 Å². The predicted molar refractivity (Wildman–Crippen MR) is 124 cm³/mol. The standard InChI is InChI=1S/C29H41F/c1-20(10-11-21-7-6-9-23(30)19-21)25-14-15-26-24-13-12-22-8-4-5-17-28(22,2)27(24)16-18-29(25,26)3/h6-7,9,12,19-20,24-27H,4-5,8,10-11,13-18H2,1-3H3. The first-order valence-corrected chi connectivity index (χ1v) is 12.9. The van der Waals surface area contributed by atoms with E-state index in [0.29, 0.717) is 10.8 Å². The molecule has 0 aromatic heterocycles. The molecule has 0 aliphatic heterocycles.